The molecule has 0 radical (unpaired) electrons. The molecule has 2 rings (SSSR count). The lowest BCUT2D eigenvalue weighted by Gasteiger charge is -2.06. The fraction of sp³-hybridized carbons (Fsp3) is 0.222. The summed E-state index contributed by atoms with van der Waals surface area (Å²) in [4.78, 5) is 27.2. The quantitative estimate of drug-likeness (QED) is 0.696. The van der Waals surface area contributed by atoms with Crippen LogP contribution in [0.2, 0.25) is 0 Å². The van der Waals surface area contributed by atoms with Crippen molar-refractivity contribution in [1.82, 2.24) is 4.98 Å². The van der Waals surface area contributed by atoms with Crippen LogP contribution in [0.15, 0.2) is 40.7 Å². The van der Waals surface area contributed by atoms with Crippen LogP contribution in [0, 0.1) is 13.8 Å². The van der Waals surface area contributed by atoms with Crippen molar-refractivity contribution >= 4 is 11.9 Å². The van der Waals surface area contributed by atoms with E-state index in [9.17, 15) is 9.59 Å². The molecule has 0 aliphatic heterocycles. The van der Waals surface area contributed by atoms with E-state index in [2.05, 4.69) is 4.98 Å². The standard InChI is InChI=1S/C18H19NO3/c1-11-9-13(3)19-18(21)16(11)17(20)12(2)10-14-5-7-15(22-4)8-6-14/h5-10H,1-4H3,(H,19,21)/b12-10+. The van der Waals surface area contributed by atoms with Gasteiger partial charge in [-0.3, -0.25) is 9.59 Å². The highest BCUT2D eigenvalue weighted by atomic mass is 16.5. The molecule has 0 fully saturated rings. The zero-order chi connectivity index (χ0) is 16.3. The van der Waals surface area contributed by atoms with E-state index in [1.807, 2.05) is 24.3 Å². The van der Waals surface area contributed by atoms with Gasteiger partial charge in [-0.25, -0.2) is 0 Å². The molecule has 0 unspecified atom stereocenters. The zero-order valence-electron chi connectivity index (χ0n) is 13.2. The number of ketones is 1. The molecule has 2 aromatic rings. The number of hydrogen-bond donors (Lipinski definition) is 1. The van der Waals surface area contributed by atoms with Gasteiger partial charge in [0.25, 0.3) is 5.56 Å². The van der Waals surface area contributed by atoms with Gasteiger partial charge in [-0.1, -0.05) is 12.1 Å². The molecule has 1 heterocycles. The number of Topliss-reactive ketones (excluding diaryl/α,β-unsaturated/α-hetero) is 1. The van der Waals surface area contributed by atoms with Crippen LogP contribution in [0.5, 0.6) is 5.75 Å². The van der Waals surface area contributed by atoms with E-state index in [-0.39, 0.29) is 16.9 Å². The van der Waals surface area contributed by atoms with Gasteiger partial charge in [-0.2, -0.15) is 0 Å². The number of carbonyl (C=O) groups is 1. The van der Waals surface area contributed by atoms with Gasteiger partial charge in [0.2, 0.25) is 0 Å². The molecule has 1 N–H and O–H groups in total. The summed E-state index contributed by atoms with van der Waals surface area (Å²) in [5.41, 5.74) is 2.69. The van der Waals surface area contributed by atoms with Crippen molar-refractivity contribution in [2.45, 2.75) is 20.8 Å². The number of benzene rings is 1. The number of H-pyrrole nitrogens is 1. The molecule has 22 heavy (non-hydrogen) atoms. The summed E-state index contributed by atoms with van der Waals surface area (Å²) in [7, 11) is 1.60. The minimum absolute atomic E-state index is 0.202. The number of hydrogen-bond acceptors (Lipinski definition) is 3. The molecule has 1 aromatic heterocycles. The van der Waals surface area contributed by atoms with Gasteiger partial charge < -0.3 is 9.72 Å². The molecule has 1 aromatic carbocycles. The van der Waals surface area contributed by atoms with E-state index in [0.29, 0.717) is 11.1 Å². The Labute approximate surface area is 129 Å². The number of ether oxygens (including phenoxy) is 1. The van der Waals surface area contributed by atoms with Gasteiger partial charge in [0.05, 0.1) is 12.7 Å². The van der Waals surface area contributed by atoms with Crippen molar-refractivity contribution in [3.8, 4) is 5.75 Å². The third-order valence-electron chi connectivity index (χ3n) is 3.45. The summed E-state index contributed by atoms with van der Waals surface area (Å²) < 4.78 is 5.10. The Morgan fingerprint density at radius 3 is 2.36 bits per heavy atom. The number of pyridine rings is 1. The van der Waals surface area contributed by atoms with Crippen LogP contribution in [0.1, 0.15) is 34.1 Å². The normalized spacial score (nSPS) is 11.4. The molecule has 0 spiro atoms. The Hall–Kier alpha value is -2.62. The van der Waals surface area contributed by atoms with Crippen molar-refractivity contribution in [2.75, 3.05) is 7.11 Å². The van der Waals surface area contributed by atoms with Gasteiger partial charge in [-0.15, -0.1) is 0 Å². The summed E-state index contributed by atoms with van der Waals surface area (Å²) in [6.45, 7) is 5.28. The minimum Gasteiger partial charge on any atom is -0.497 e. The molecule has 0 aliphatic rings. The molecule has 0 saturated carbocycles. The van der Waals surface area contributed by atoms with Gasteiger partial charge in [-0.05, 0) is 61.7 Å². The highest BCUT2D eigenvalue weighted by Crippen LogP contribution is 2.16. The van der Waals surface area contributed by atoms with E-state index < -0.39 is 0 Å². The van der Waals surface area contributed by atoms with Crippen molar-refractivity contribution in [2.24, 2.45) is 0 Å². The first kappa shape index (κ1) is 15.8. The average molecular weight is 297 g/mol. The number of carbonyl (C=O) groups excluding carboxylic acids is 1. The Morgan fingerprint density at radius 2 is 1.82 bits per heavy atom. The van der Waals surface area contributed by atoms with Crippen molar-refractivity contribution < 1.29 is 9.53 Å². The number of rotatable bonds is 4. The predicted octanol–water partition coefficient (Wildman–Crippen LogP) is 3.29. The van der Waals surface area contributed by atoms with Crippen LogP contribution in [-0.2, 0) is 0 Å². The maximum absolute atomic E-state index is 12.5. The first-order valence-corrected chi connectivity index (χ1v) is 7.00. The summed E-state index contributed by atoms with van der Waals surface area (Å²) in [6, 6.07) is 9.18. The molecular formula is C18H19NO3. The van der Waals surface area contributed by atoms with Crippen LogP contribution in [0.25, 0.3) is 6.08 Å². The number of allylic oxidation sites excluding steroid dienone is 1. The van der Waals surface area contributed by atoms with E-state index in [0.717, 1.165) is 17.0 Å². The highest BCUT2D eigenvalue weighted by Gasteiger charge is 2.15. The third-order valence-corrected chi connectivity index (χ3v) is 3.45. The summed E-state index contributed by atoms with van der Waals surface area (Å²) >= 11 is 0. The molecular weight excluding hydrogens is 278 g/mol. The average Bonchev–Trinajstić information content (AvgIpc) is 2.46. The fourth-order valence-electron chi connectivity index (χ4n) is 2.35. The lowest BCUT2D eigenvalue weighted by molar-refractivity contribution is 0.103. The van der Waals surface area contributed by atoms with Gasteiger partial charge >= 0.3 is 0 Å². The van der Waals surface area contributed by atoms with E-state index in [4.69, 9.17) is 4.74 Å². The number of aromatic amines is 1. The largest absolute Gasteiger partial charge is 0.497 e. The first-order chi connectivity index (χ1) is 10.4. The minimum atomic E-state index is -0.343. The number of aryl methyl sites for hydroxylation is 2. The second kappa shape index (κ2) is 6.43. The Bertz CT molecular complexity index is 783. The molecule has 114 valence electrons. The van der Waals surface area contributed by atoms with Crippen LogP contribution >= 0.6 is 0 Å². The molecule has 4 heteroatoms. The van der Waals surface area contributed by atoms with E-state index in [1.165, 1.54) is 0 Å². The number of methoxy groups -OCH3 is 1. The lowest BCUT2D eigenvalue weighted by Crippen LogP contribution is -2.21. The van der Waals surface area contributed by atoms with Crippen LogP contribution in [0.3, 0.4) is 0 Å². The maximum atomic E-state index is 12.5. The topological polar surface area (TPSA) is 59.2 Å². The molecule has 0 amide bonds. The molecule has 0 saturated heterocycles. The Kier molecular flexibility index (Phi) is 4.61. The second-order valence-electron chi connectivity index (χ2n) is 5.27. The van der Waals surface area contributed by atoms with Crippen molar-refractivity contribution in [3.05, 3.63) is 68.6 Å². The van der Waals surface area contributed by atoms with Gasteiger partial charge in [0.15, 0.2) is 5.78 Å². The predicted molar refractivity (Wildman–Crippen MR) is 87.5 cm³/mol. The Balaban J connectivity index is 2.36. The lowest BCUT2D eigenvalue weighted by atomic mass is 9.99. The van der Waals surface area contributed by atoms with Crippen molar-refractivity contribution in [1.29, 1.82) is 0 Å². The Morgan fingerprint density at radius 1 is 1.18 bits per heavy atom. The fourth-order valence-corrected chi connectivity index (χ4v) is 2.35. The third kappa shape index (κ3) is 3.34. The summed E-state index contributed by atoms with van der Waals surface area (Å²) in [5.74, 6) is 0.501. The molecule has 0 bridgehead atoms. The number of nitrogens with one attached hydrogen (secondary N) is 1. The van der Waals surface area contributed by atoms with E-state index in [1.54, 1.807) is 40.0 Å². The van der Waals surface area contributed by atoms with Gasteiger partial charge in [0.1, 0.15) is 5.75 Å². The van der Waals surface area contributed by atoms with Crippen LogP contribution < -0.4 is 10.3 Å². The smallest absolute Gasteiger partial charge is 0.259 e. The van der Waals surface area contributed by atoms with Gasteiger partial charge in [0, 0.05) is 5.69 Å². The number of aromatic nitrogens is 1. The highest BCUT2D eigenvalue weighted by molar-refractivity contribution is 6.11. The van der Waals surface area contributed by atoms with E-state index >= 15 is 0 Å². The summed E-state index contributed by atoms with van der Waals surface area (Å²) in [6.07, 6.45) is 1.76. The monoisotopic (exact) mass is 297 g/mol. The van der Waals surface area contributed by atoms with Crippen molar-refractivity contribution in [3.63, 3.8) is 0 Å². The maximum Gasteiger partial charge on any atom is 0.259 e. The SMILES string of the molecule is COc1ccc(/C=C(\C)C(=O)c2c(C)cc(C)[nH]c2=O)cc1. The zero-order valence-corrected chi connectivity index (χ0v) is 13.2. The molecule has 0 aliphatic carbocycles. The second-order valence-corrected chi connectivity index (χ2v) is 5.27. The first-order valence-electron chi connectivity index (χ1n) is 7.00. The summed E-state index contributed by atoms with van der Waals surface area (Å²) in [5, 5.41) is 0. The van der Waals surface area contributed by atoms with Crippen LogP contribution in [-0.4, -0.2) is 17.9 Å². The van der Waals surface area contributed by atoms with Crippen LogP contribution in [0.4, 0.5) is 0 Å². The molecule has 0 atom stereocenters. The molecule has 4 nitrogen and oxygen atoms in total.